The molecule has 0 aliphatic heterocycles. The van der Waals surface area contributed by atoms with E-state index in [2.05, 4.69) is 36.4 Å². The number of fused-ring (bicyclic) bond motifs is 4. The van der Waals surface area contributed by atoms with Gasteiger partial charge in [-0.15, -0.1) is 0 Å². The summed E-state index contributed by atoms with van der Waals surface area (Å²) in [6.07, 6.45) is 0. The zero-order valence-corrected chi connectivity index (χ0v) is 17.1. The van der Waals surface area contributed by atoms with Crippen LogP contribution in [-0.4, -0.2) is 0 Å². The summed E-state index contributed by atoms with van der Waals surface area (Å²) in [6, 6.07) is 37.4. The highest BCUT2D eigenvalue weighted by atomic mass is 14.3. The Morgan fingerprint density at radius 3 is 0.781 bits per heavy atom. The summed E-state index contributed by atoms with van der Waals surface area (Å²) in [4.78, 5) is 0. The molecule has 0 spiro atoms. The van der Waals surface area contributed by atoms with Gasteiger partial charge in [0.15, 0.2) is 0 Å². The normalized spacial score (nSPS) is 11.1. The lowest BCUT2D eigenvalue weighted by Crippen LogP contribution is -1.94. The fraction of sp³-hybridized carbons (Fsp3) is 0. The summed E-state index contributed by atoms with van der Waals surface area (Å²) in [5, 5.41) is 28.0. The van der Waals surface area contributed by atoms with E-state index in [9.17, 15) is 10.5 Å². The second kappa shape index (κ2) is 6.95. The molecule has 6 aromatic rings. The van der Waals surface area contributed by atoms with Gasteiger partial charge in [0.05, 0.1) is 11.1 Å². The average Bonchev–Trinajstić information content (AvgIpc) is 2.86. The zero-order chi connectivity index (χ0) is 21.7. The maximum Gasteiger partial charge on any atom is 0.100 e. The lowest BCUT2D eigenvalue weighted by Gasteiger charge is -2.19. The summed E-state index contributed by atoms with van der Waals surface area (Å²) in [6.45, 7) is 0. The fourth-order valence-corrected chi connectivity index (χ4v) is 5.04. The maximum atomic E-state index is 10.0. The highest BCUT2D eigenvalue weighted by Gasteiger charge is 2.20. The van der Waals surface area contributed by atoms with Crippen molar-refractivity contribution < 1.29 is 0 Å². The largest absolute Gasteiger partial charge is 0.192 e. The van der Waals surface area contributed by atoms with Crippen LogP contribution in [0.2, 0.25) is 0 Å². The van der Waals surface area contributed by atoms with Gasteiger partial charge in [0.25, 0.3) is 0 Å². The van der Waals surface area contributed by atoms with Crippen LogP contribution < -0.4 is 0 Å². The van der Waals surface area contributed by atoms with E-state index in [4.69, 9.17) is 0 Å². The van der Waals surface area contributed by atoms with Gasteiger partial charge in [0, 0.05) is 21.5 Å². The predicted molar refractivity (Wildman–Crippen MR) is 131 cm³/mol. The highest BCUT2D eigenvalue weighted by molar-refractivity contribution is 6.25. The minimum Gasteiger partial charge on any atom is -0.192 e. The van der Waals surface area contributed by atoms with Crippen molar-refractivity contribution in [3.05, 3.63) is 108 Å². The van der Waals surface area contributed by atoms with Gasteiger partial charge in [0.1, 0.15) is 12.1 Å². The van der Waals surface area contributed by atoms with Crippen LogP contribution in [0.5, 0.6) is 0 Å². The monoisotopic (exact) mass is 404 g/mol. The Bertz CT molecular complexity index is 1550. The summed E-state index contributed by atoms with van der Waals surface area (Å²) < 4.78 is 0. The summed E-state index contributed by atoms with van der Waals surface area (Å²) >= 11 is 0. The van der Waals surface area contributed by atoms with Gasteiger partial charge >= 0.3 is 0 Å². The average molecular weight is 404 g/mol. The minimum absolute atomic E-state index is 0.696. The molecule has 0 saturated heterocycles. The molecule has 0 bridgehead atoms. The van der Waals surface area contributed by atoms with Gasteiger partial charge in [0.2, 0.25) is 0 Å². The van der Waals surface area contributed by atoms with Crippen molar-refractivity contribution in [3.8, 4) is 23.3 Å². The van der Waals surface area contributed by atoms with E-state index in [0.29, 0.717) is 11.1 Å². The van der Waals surface area contributed by atoms with Gasteiger partial charge in [-0.1, -0.05) is 97.1 Å². The molecule has 0 N–H and O–H groups in total. The smallest absolute Gasteiger partial charge is 0.100 e. The fourth-order valence-electron chi connectivity index (χ4n) is 5.04. The third kappa shape index (κ3) is 2.38. The standard InChI is InChI=1S/C30H16N2/c31-17-27-19-9-1-5-13-23(19)29(24-14-6-2-10-20(24)27)30-25-15-7-3-11-21(25)28(18-32)22-12-4-8-16-26(22)30/h1-16H. The van der Waals surface area contributed by atoms with Crippen LogP contribution in [0.1, 0.15) is 11.1 Å². The molecule has 2 heteroatoms. The molecule has 6 rings (SSSR count). The van der Waals surface area contributed by atoms with Crippen molar-refractivity contribution in [1.82, 2.24) is 0 Å². The zero-order valence-electron chi connectivity index (χ0n) is 17.1. The van der Waals surface area contributed by atoms with Crippen LogP contribution in [0.3, 0.4) is 0 Å². The molecule has 0 atom stereocenters. The molecule has 0 aliphatic carbocycles. The Hall–Kier alpha value is -4.66. The first-order valence-corrected chi connectivity index (χ1v) is 10.5. The molecular formula is C30H16N2. The molecule has 0 saturated carbocycles. The molecule has 0 aliphatic rings. The molecular weight excluding hydrogens is 388 g/mol. The molecule has 0 aromatic heterocycles. The molecule has 32 heavy (non-hydrogen) atoms. The van der Waals surface area contributed by atoms with Gasteiger partial charge in [-0.3, -0.25) is 0 Å². The minimum atomic E-state index is 0.696. The van der Waals surface area contributed by atoms with Crippen LogP contribution in [0.4, 0.5) is 0 Å². The molecule has 0 fully saturated rings. The first-order valence-electron chi connectivity index (χ1n) is 10.5. The number of hydrogen-bond acceptors (Lipinski definition) is 2. The van der Waals surface area contributed by atoms with Crippen LogP contribution in [0.25, 0.3) is 54.2 Å². The van der Waals surface area contributed by atoms with E-state index in [-0.39, 0.29) is 0 Å². The number of nitrogens with zero attached hydrogens (tertiary/aromatic N) is 2. The number of benzene rings is 6. The van der Waals surface area contributed by atoms with Crippen molar-refractivity contribution in [2.24, 2.45) is 0 Å². The topological polar surface area (TPSA) is 47.6 Å². The Morgan fingerprint density at radius 2 is 0.562 bits per heavy atom. The number of hydrogen-bond donors (Lipinski definition) is 0. The Morgan fingerprint density at radius 1 is 0.344 bits per heavy atom. The van der Waals surface area contributed by atoms with E-state index in [1.807, 2.05) is 72.8 Å². The third-order valence-corrected chi connectivity index (χ3v) is 6.34. The highest BCUT2D eigenvalue weighted by Crippen LogP contribution is 2.45. The van der Waals surface area contributed by atoms with Crippen molar-refractivity contribution in [1.29, 1.82) is 10.5 Å². The van der Waals surface area contributed by atoms with E-state index in [0.717, 1.165) is 54.2 Å². The Balaban J connectivity index is 1.98. The van der Waals surface area contributed by atoms with Gasteiger partial charge in [-0.05, 0) is 32.7 Å². The van der Waals surface area contributed by atoms with Crippen LogP contribution in [-0.2, 0) is 0 Å². The first-order chi connectivity index (χ1) is 15.8. The first kappa shape index (κ1) is 18.1. The Labute approximate surface area is 185 Å². The van der Waals surface area contributed by atoms with E-state index >= 15 is 0 Å². The summed E-state index contributed by atoms with van der Waals surface area (Å²) in [5.74, 6) is 0. The second-order valence-electron chi connectivity index (χ2n) is 7.91. The molecule has 0 amide bonds. The maximum absolute atomic E-state index is 10.0. The van der Waals surface area contributed by atoms with Crippen molar-refractivity contribution in [2.45, 2.75) is 0 Å². The number of nitriles is 2. The van der Waals surface area contributed by atoms with Crippen molar-refractivity contribution >= 4 is 43.1 Å². The van der Waals surface area contributed by atoms with Gasteiger partial charge in [-0.2, -0.15) is 10.5 Å². The van der Waals surface area contributed by atoms with Crippen LogP contribution >= 0.6 is 0 Å². The quantitative estimate of drug-likeness (QED) is 0.263. The summed E-state index contributed by atoms with van der Waals surface area (Å²) in [7, 11) is 0. The molecule has 0 radical (unpaired) electrons. The van der Waals surface area contributed by atoms with Crippen LogP contribution in [0.15, 0.2) is 97.1 Å². The number of rotatable bonds is 1. The van der Waals surface area contributed by atoms with Crippen LogP contribution in [0, 0.1) is 22.7 Å². The lowest BCUT2D eigenvalue weighted by atomic mass is 9.83. The molecule has 0 heterocycles. The predicted octanol–water partition coefficient (Wildman–Crippen LogP) is 7.71. The lowest BCUT2D eigenvalue weighted by molar-refractivity contribution is 1.51. The van der Waals surface area contributed by atoms with E-state index in [1.54, 1.807) is 0 Å². The van der Waals surface area contributed by atoms with E-state index < -0.39 is 0 Å². The summed E-state index contributed by atoms with van der Waals surface area (Å²) in [5.41, 5.74) is 3.60. The van der Waals surface area contributed by atoms with Gasteiger partial charge < -0.3 is 0 Å². The van der Waals surface area contributed by atoms with Gasteiger partial charge in [-0.25, -0.2) is 0 Å². The molecule has 146 valence electrons. The molecule has 2 nitrogen and oxygen atoms in total. The van der Waals surface area contributed by atoms with E-state index in [1.165, 1.54) is 0 Å². The molecule has 6 aromatic carbocycles. The van der Waals surface area contributed by atoms with Crippen molar-refractivity contribution in [2.75, 3.05) is 0 Å². The Kier molecular flexibility index (Phi) is 3.94. The third-order valence-electron chi connectivity index (χ3n) is 6.34. The van der Waals surface area contributed by atoms with Crippen molar-refractivity contribution in [3.63, 3.8) is 0 Å². The molecule has 0 unspecified atom stereocenters. The SMILES string of the molecule is N#Cc1c2ccccc2c(-c2c3ccccc3c(C#N)c3ccccc23)c2ccccc12. The second-order valence-corrected chi connectivity index (χ2v) is 7.91.